The van der Waals surface area contributed by atoms with E-state index in [0.717, 1.165) is 16.0 Å². The maximum Gasteiger partial charge on any atom is 0.308 e. The van der Waals surface area contributed by atoms with Crippen LogP contribution in [-0.4, -0.2) is 23.7 Å². The lowest BCUT2D eigenvalue weighted by Gasteiger charge is -2.15. The quantitative estimate of drug-likeness (QED) is 0.694. The van der Waals surface area contributed by atoms with E-state index >= 15 is 0 Å². The van der Waals surface area contributed by atoms with Crippen molar-refractivity contribution in [2.45, 2.75) is 32.9 Å². The van der Waals surface area contributed by atoms with Gasteiger partial charge in [-0.25, -0.2) is 0 Å². The first-order valence-corrected chi connectivity index (χ1v) is 9.47. The van der Waals surface area contributed by atoms with Crippen LogP contribution in [0.5, 0.6) is 11.5 Å². The number of carbonyl (C=O) groups is 1. The van der Waals surface area contributed by atoms with Gasteiger partial charge in [-0.3, -0.25) is 14.2 Å². The van der Waals surface area contributed by atoms with Crippen molar-refractivity contribution in [3.63, 3.8) is 0 Å². The molecule has 0 saturated heterocycles. The Bertz CT molecular complexity index is 1000. The molecule has 6 nitrogen and oxygen atoms in total. The molecule has 1 amide bonds. The highest BCUT2D eigenvalue weighted by molar-refractivity contribution is 7.16. The van der Waals surface area contributed by atoms with Gasteiger partial charge in [-0.1, -0.05) is 11.3 Å². The number of rotatable bonds is 6. The van der Waals surface area contributed by atoms with Gasteiger partial charge in [0.05, 0.1) is 17.3 Å². The van der Waals surface area contributed by atoms with E-state index in [-0.39, 0.29) is 16.8 Å². The Morgan fingerprint density at radius 2 is 1.74 bits per heavy atom. The van der Waals surface area contributed by atoms with Crippen LogP contribution in [0.2, 0.25) is 0 Å². The lowest BCUT2D eigenvalue weighted by Crippen LogP contribution is -2.30. The fraction of sp³-hybridized carbons (Fsp3) is 0.300. The highest BCUT2D eigenvalue weighted by Crippen LogP contribution is 2.24. The summed E-state index contributed by atoms with van der Waals surface area (Å²) in [5.74, 6) is 1.04. The third kappa shape index (κ3) is 4.14. The number of nitrogens with zero attached hydrogens (tertiary/aromatic N) is 1. The van der Waals surface area contributed by atoms with Crippen LogP contribution < -0.4 is 19.7 Å². The molecule has 1 N–H and O–H groups in total. The van der Waals surface area contributed by atoms with Crippen LogP contribution in [0.25, 0.3) is 10.2 Å². The number of thiazole rings is 1. The molecule has 0 saturated carbocycles. The highest BCUT2D eigenvalue weighted by Gasteiger charge is 2.16. The molecule has 1 unspecified atom stereocenters. The van der Waals surface area contributed by atoms with Gasteiger partial charge in [0.15, 0.2) is 6.10 Å². The Kier molecular flexibility index (Phi) is 5.51. The topological polar surface area (TPSA) is 69.6 Å². The molecular weight excluding hydrogens is 364 g/mol. The number of benzene rings is 2. The summed E-state index contributed by atoms with van der Waals surface area (Å²) in [5, 5.41) is 2.84. The minimum atomic E-state index is -0.673. The van der Waals surface area contributed by atoms with Gasteiger partial charge >= 0.3 is 4.87 Å². The molecule has 0 aliphatic heterocycles. The summed E-state index contributed by atoms with van der Waals surface area (Å²) in [6.45, 7) is 5.63. The van der Waals surface area contributed by atoms with Crippen molar-refractivity contribution in [1.82, 2.24) is 4.57 Å². The Labute approximate surface area is 161 Å². The summed E-state index contributed by atoms with van der Waals surface area (Å²) < 4.78 is 13.4. The Morgan fingerprint density at radius 3 is 2.37 bits per heavy atom. The number of methoxy groups -OCH3 is 1. The standard InChI is InChI=1S/C20H22N2O4S/c1-12(2)22-17-10-5-14(11-18(17)27-20(22)24)21-19(23)13(3)26-16-8-6-15(25-4)7-9-16/h5-13H,1-4H3,(H,21,23). The maximum atomic E-state index is 12.4. The smallest absolute Gasteiger partial charge is 0.308 e. The first kappa shape index (κ1) is 19.0. The van der Waals surface area contributed by atoms with Crippen LogP contribution in [0.1, 0.15) is 26.8 Å². The fourth-order valence-electron chi connectivity index (χ4n) is 2.76. The molecule has 142 valence electrons. The van der Waals surface area contributed by atoms with Crippen molar-refractivity contribution in [2.24, 2.45) is 0 Å². The van der Waals surface area contributed by atoms with Crippen molar-refractivity contribution in [2.75, 3.05) is 12.4 Å². The van der Waals surface area contributed by atoms with E-state index in [1.54, 1.807) is 48.9 Å². The van der Waals surface area contributed by atoms with E-state index < -0.39 is 6.10 Å². The van der Waals surface area contributed by atoms with E-state index in [0.29, 0.717) is 11.4 Å². The van der Waals surface area contributed by atoms with E-state index in [9.17, 15) is 9.59 Å². The average Bonchev–Trinajstić information content (AvgIpc) is 2.97. The molecule has 3 rings (SSSR count). The Hall–Kier alpha value is -2.80. The normalized spacial score (nSPS) is 12.2. The van der Waals surface area contributed by atoms with Crippen molar-refractivity contribution in [3.05, 3.63) is 52.1 Å². The van der Waals surface area contributed by atoms with Crippen molar-refractivity contribution in [1.29, 1.82) is 0 Å². The first-order valence-electron chi connectivity index (χ1n) is 8.65. The molecule has 0 spiro atoms. The molecule has 1 heterocycles. The minimum absolute atomic E-state index is 0.000293. The largest absolute Gasteiger partial charge is 0.497 e. The van der Waals surface area contributed by atoms with Gasteiger partial charge in [0.2, 0.25) is 0 Å². The summed E-state index contributed by atoms with van der Waals surface area (Å²) in [7, 11) is 1.59. The second-order valence-electron chi connectivity index (χ2n) is 6.44. The van der Waals surface area contributed by atoms with E-state index in [1.807, 2.05) is 26.0 Å². The van der Waals surface area contributed by atoms with Gasteiger partial charge in [0.25, 0.3) is 5.91 Å². The molecule has 0 radical (unpaired) electrons. The zero-order chi connectivity index (χ0) is 19.6. The number of anilines is 1. The van der Waals surface area contributed by atoms with Gasteiger partial charge in [0.1, 0.15) is 11.5 Å². The SMILES string of the molecule is COc1ccc(OC(C)C(=O)Nc2ccc3c(c2)sc(=O)n3C(C)C)cc1. The summed E-state index contributed by atoms with van der Waals surface area (Å²) in [4.78, 5) is 24.6. The molecule has 0 aliphatic rings. The summed E-state index contributed by atoms with van der Waals surface area (Å²) in [5.41, 5.74) is 1.51. The van der Waals surface area contributed by atoms with Crippen molar-refractivity contribution in [3.8, 4) is 11.5 Å². The number of amides is 1. The Balaban J connectivity index is 1.71. The number of fused-ring (bicyclic) bond motifs is 1. The average molecular weight is 386 g/mol. The predicted octanol–water partition coefficient (Wildman–Crippen LogP) is 4.06. The van der Waals surface area contributed by atoms with E-state index in [2.05, 4.69) is 5.32 Å². The number of hydrogen-bond acceptors (Lipinski definition) is 5. The van der Waals surface area contributed by atoms with Crippen LogP contribution in [0.3, 0.4) is 0 Å². The fourth-order valence-corrected chi connectivity index (χ4v) is 3.81. The van der Waals surface area contributed by atoms with E-state index in [4.69, 9.17) is 9.47 Å². The third-order valence-electron chi connectivity index (χ3n) is 4.14. The van der Waals surface area contributed by atoms with Gasteiger partial charge in [-0.15, -0.1) is 0 Å². The van der Waals surface area contributed by atoms with Gasteiger partial charge in [-0.2, -0.15) is 0 Å². The predicted molar refractivity (Wildman–Crippen MR) is 108 cm³/mol. The van der Waals surface area contributed by atoms with Gasteiger partial charge in [0, 0.05) is 11.7 Å². The lowest BCUT2D eigenvalue weighted by atomic mass is 10.2. The zero-order valence-electron chi connectivity index (χ0n) is 15.7. The summed E-state index contributed by atoms with van der Waals surface area (Å²) >= 11 is 1.18. The molecule has 0 aliphatic carbocycles. The molecule has 27 heavy (non-hydrogen) atoms. The molecular formula is C20H22N2O4S. The minimum Gasteiger partial charge on any atom is -0.497 e. The second kappa shape index (κ2) is 7.84. The maximum absolute atomic E-state index is 12.4. The van der Waals surface area contributed by atoms with Crippen LogP contribution in [-0.2, 0) is 4.79 Å². The van der Waals surface area contributed by atoms with Crippen LogP contribution in [0.15, 0.2) is 47.3 Å². The Morgan fingerprint density at radius 1 is 1.07 bits per heavy atom. The first-order chi connectivity index (χ1) is 12.9. The van der Waals surface area contributed by atoms with E-state index in [1.165, 1.54) is 11.3 Å². The number of nitrogens with one attached hydrogen (secondary N) is 1. The monoisotopic (exact) mass is 386 g/mol. The second-order valence-corrected chi connectivity index (χ2v) is 7.43. The van der Waals surface area contributed by atoms with Crippen LogP contribution in [0.4, 0.5) is 5.69 Å². The van der Waals surface area contributed by atoms with Crippen LogP contribution >= 0.6 is 11.3 Å². The number of carbonyl (C=O) groups excluding carboxylic acids is 1. The summed E-state index contributed by atoms with van der Waals surface area (Å²) in [6.07, 6.45) is -0.673. The molecule has 2 aromatic carbocycles. The molecule has 0 bridgehead atoms. The van der Waals surface area contributed by atoms with Gasteiger partial charge in [-0.05, 0) is 63.2 Å². The lowest BCUT2D eigenvalue weighted by molar-refractivity contribution is -0.122. The molecule has 1 aromatic heterocycles. The van der Waals surface area contributed by atoms with Crippen molar-refractivity contribution >= 4 is 33.1 Å². The van der Waals surface area contributed by atoms with Crippen LogP contribution in [0, 0.1) is 0 Å². The molecule has 7 heteroatoms. The zero-order valence-corrected chi connectivity index (χ0v) is 16.5. The summed E-state index contributed by atoms with van der Waals surface area (Å²) in [6, 6.07) is 12.6. The molecule has 1 atom stereocenters. The molecule has 0 fully saturated rings. The third-order valence-corrected chi connectivity index (χ3v) is 5.06. The number of aromatic nitrogens is 1. The van der Waals surface area contributed by atoms with Gasteiger partial charge < -0.3 is 14.8 Å². The molecule has 3 aromatic rings. The number of hydrogen-bond donors (Lipinski definition) is 1. The highest BCUT2D eigenvalue weighted by atomic mass is 32.1. The van der Waals surface area contributed by atoms with Crippen molar-refractivity contribution < 1.29 is 14.3 Å². The number of ether oxygens (including phenoxy) is 2.